The smallest absolute Gasteiger partial charge is 0.291 e. The Labute approximate surface area is 187 Å². The summed E-state index contributed by atoms with van der Waals surface area (Å²) < 4.78 is 12.5. The van der Waals surface area contributed by atoms with Crippen LogP contribution in [-0.4, -0.2) is 11.8 Å². The van der Waals surface area contributed by atoms with E-state index in [9.17, 15) is 9.59 Å². The Morgan fingerprint density at radius 1 is 0.935 bits per heavy atom. The van der Waals surface area contributed by atoms with Gasteiger partial charge in [0.1, 0.15) is 17.9 Å². The molecule has 31 heavy (non-hydrogen) atoms. The van der Waals surface area contributed by atoms with Crippen LogP contribution in [0.25, 0.3) is 11.0 Å². The molecule has 0 aliphatic carbocycles. The van der Waals surface area contributed by atoms with Crippen LogP contribution in [0.2, 0.25) is 0 Å². The molecule has 0 bridgehead atoms. The molecule has 6 nitrogen and oxygen atoms in total. The van der Waals surface area contributed by atoms with Crippen molar-refractivity contribution in [2.75, 3.05) is 10.6 Å². The normalized spacial score (nSPS) is 10.6. The van der Waals surface area contributed by atoms with Crippen LogP contribution < -0.4 is 15.4 Å². The predicted octanol–water partition coefficient (Wildman–Crippen LogP) is 5.99. The minimum atomic E-state index is -0.437. The molecule has 0 atom stereocenters. The molecular weight excluding hydrogens is 460 g/mol. The second kappa shape index (κ2) is 9.06. The first-order valence-electron chi connectivity index (χ1n) is 9.58. The van der Waals surface area contributed by atoms with Gasteiger partial charge in [0.2, 0.25) is 5.91 Å². The maximum atomic E-state index is 13.2. The molecule has 0 unspecified atom stereocenters. The second-order valence-electron chi connectivity index (χ2n) is 6.83. The molecule has 4 rings (SSSR count). The number of fused-ring (bicyclic) bond motifs is 1. The fourth-order valence-electron chi connectivity index (χ4n) is 3.20. The molecule has 1 heterocycles. The average molecular weight is 479 g/mol. The van der Waals surface area contributed by atoms with Crippen LogP contribution in [-0.2, 0) is 11.4 Å². The Morgan fingerprint density at radius 3 is 2.45 bits per heavy atom. The van der Waals surface area contributed by atoms with E-state index in [-0.39, 0.29) is 18.3 Å². The molecule has 2 N–H and O–H groups in total. The molecule has 0 radical (unpaired) electrons. The number of hydrogen-bond acceptors (Lipinski definition) is 4. The summed E-state index contributed by atoms with van der Waals surface area (Å²) in [5.74, 6) is 0.177. The first-order valence-corrected chi connectivity index (χ1v) is 10.4. The van der Waals surface area contributed by atoms with Crippen molar-refractivity contribution in [3.8, 4) is 5.75 Å². The van der Waals surface area contributed by atoms with E-state index in [0.29, 0.717) is 28.3 Å². The Hall–Kier alpha value is -3.58. The molecule has 0 saturated heterocycles. The van der Waals surface area contributed by atoms with E-state index >= 15 is 0 Å². The summed E-state index contributed by atoms with van der Waals surface area (Å²) in [5.41, 5.74) is 2.18. The lowest BCUT2D eigenvalue weighted by Crippen LogP contribution is -2.16. The summed E-state index contributed by atoms with van der Waals surface area (Å²) in [6.45, 7) is 1.58. The van der Waals surface area contributed by atoms with Gasteiger partial charge in [-0.1, -0.05) is 52.3 Å². The van der Waals surface area contributed by atoms with Gasteiger partial charge < -0.3 is 19.8 Å². The van der Waals surface area contributed by atoms with Gasteiger partial charge in [-0.05, 0) is 36.4 Å². The van der Waals surface area contributed by atoms with Crippen LogP contribution in [0.1, 0.15) is 23.0 Å². The number of amides is 2. The van der Waals surface area contributed by atoms with Gasteiger partial charge in [-0.25, -0.2) is 0 Å². The molecule has 0 aliphatic rings. The molecule has 3 aromatic carbocycles. The first-order chi connectivity index (χ1) is 15.0. The van der Waals surface area contributed by atoms with Gasteiger partial charge in [-0.2, -0.15) is 0 Å². The van der Waals surface area contributed by atoms with Crippen LogP contribution in [0.3, 0.4) is 0 Å². The summed E-state index contributed by atoms with van der Waals surface area (Å²) in [4.78, 5) is 24.7. The third kappa shape index (κ3) is 4.78. The molecule has 0 spiro atoms. The second-order valence-corrected chi connectivity index (χ2v) is 7.75. The lowest BCUT2D eigenvalue weighted by atomic mass is 10.1. The molecule has 0 saturated carbocycles. The third-order valence-corrected chi connectivity index (χ3v) is 5.06. The van der Waals surface area contributed by atoms with E-state index in [0.717, 1.165) is 9.86 Å². The predicted molar refractivity (Wildman–Crippen MR) is 123 cm³/mol. The fraction of sp³-hybridized carbons (Fsp3) is 0.0833. The monoisotopic (exact) mass is 478 g/mol. The van der Waals surface area contributed by atoms with E-state index in [1.54, 1.807) is 24.3 Å². The molecule has 4 aromatic rings. The Morgan fingerprint density at radius 2 is 1.68 bits per heavy atom. The van der Waals surface area contributed by atoms with Crippen molar-refractivity contribution in [3.63, 3.8) is 0 Å². The number of halogens is 1. The van der Waals surface area contributed by atoms with Crippen molar-refractivity contribution < 1.29 is 18.7 Å². The highest BCUT2D eigenvalue weighted by Crippen LogP contribution is 2.30. The zero-order valence-electron chi connectivity index (χ0n) is 16.6. The van der Waals surface area contributed by atoms with Crippen molar-refractivity contribution in [2.24, 2.45) is 0 Å². The van der Waals surface area contributed by atoms with Gasteiger partial charge in [0.05, 0.1) is 11.4 Å². The van der Waals surface area contributed by atoms with Crippen LogP contribution in [0, 0.1) is 0 Å². The summed E-state index contributed by atoms with van der Waals surface area (Å²) in [6.07, 6.45) is 0. The topological polar surface area (TPSA) is 80.6 Å². The van der Waals surface area contributed by atoms with Gasteiger partial charge in [0.15, 0.2) is 5.76 Å². The third-order valence-electron chi connectivity index (χ3n) is 4.57. The largest absolute Gasteiger partial charge is 0.489 e. The molecule has 7 heteroatoms. The fourth-order valence-corrected chi connectivity index (χ4v) is 3.56. The van der Waals surface area contributed by atoms with E-state index in [1.165, 1.54) is 6.92 Å². The number of carbonyl (C=O) groups is 2. The van der Waals surface area contributed by atoms with E-state index < -0.39 is 5.91 Å². The van der Waals surface area contributed by atoms with Gasteiger partial charge >= 0.3 is 0 Å². The molecule has 156 valence electrons. The number of ether oxygens (including phenoxy) is 1. The number of rotatable bonds is 6. The van der Waals surface area contributed by atoms with Gasteiger partial charge in [0.25, 0.3) is 5.91 Å². The Kier molecular flexibility index (Phi) is 6.04. The van der Waals surface area contributed by atoms with E-state index in [4.69, 9.17) is 9.15 Å². The highest BCUT2D eigenvalue weighted by molar-refractivity contribution is 9.10. The minimum Gasteiger partial charge on any atom is -0.489 e. The number of hydrogen-bond donors (Lipinski definition) is 2. The lowest BCUT2D eigenvalue weighted by molar-refractivity contribution is -0.114. The Balaban J connectivity index is 1.67. The van der Waals surface area contributed by atoms with Crippen LogP contribution >= 0.6 is 15.9 Å². The van der Waals surface area contributed by atoms with Crippen LogP contribution in [0.5, 0.6) is 5.75 Å². The van der Waals surface area contributed by atoms with Gasteiger partial charge in [-0.15, -0.1) is 0 Å². The summed E-state index contributed by atoms with van der Waals surface area (Å²) in [6, 6.07) is 22.0. The maximum Gasteiger partial charge on any atom is 0.291 e. The highest BCUT2D eigenvalue weighted by Gasteiger charge is 2.22. The van der Waals surface area contributed by atoms with Gasteiger partial charge in [0, 0.05) is 22.3 Å². The van der Waals surface area contributed by atoms with E-state index in [2.05, 4.69) is 26.6 Å². The van der Waals surface area contributed by atoms with Crippen molar-refractivity contribution in [1.82, 2.24) is 0 Å². The molecule has 1 aromatic heterocycles. The zero-order chi connectivity index (χ0) is 21.8. The Bertz CT molecular complexity index is 1250. The summed E-state index contributed by atoms with van der Waals surface area (Å²) in [5, 5.41) is 6.36. The summed E-state index contributed by atoms with van der Waals surface area (Å²) >= 11 is 3.39. The first kappa shape index (κ1) is 20.7. The average Bonchev–Trinajstić information content (AvgIpc) is 3.13. The van der Waals surface area contributed by atoms with Crippen molar-refractivity contribution in [2.45, 2.75) is 13.5 Å². The number of furan rings is 1. The van der Waals surface area contributed by atoms with E-state index in [1.807, 2.05) is 48.5 Å². The quantitative estimate of drug-likeness (QED) is 0.356. The number of carbonyl (C=O) groups excluding carboxylic acids is 2. The number of benzene rings is 3. The zero-order valence-corrected chi connectivity index (χ0v) is 18.2. The minimum absolute atomic E-state index is 0.158. The molecule has 2 amide bonds. The van der Waals surface area contributed by atoms with Crippen molar-refractivity contribution in [1.29, 1.82) is 0 Å². The maximum absolute atomic E-state index is 13.2. The van der Waals surface area contributed by atoms with Crippen LogP contribution in [0.15, 0.2) is 81.7 Å². The molecular formula is C24H19BrN2O4. The summed E-state index contributed by atoms with van der Waals surface area (Å²) in [7, 11) is 0. The van der Waals surface area contributed by atoms with Crippen molar-refractivity contribution in [3.05, 3.63) is 88.6 Å². The molecule has 0 aliphatic heterocycles. The number of nitrogens with one attached hydrogen (secondary N) is 2. The lowest BCUT2D eigenvalue weighted by Gasteiger charge is -2.12. The SMILES string of the molecule is CC(=O)Nc1ccc(Br)cc1NC(=O)c1oc2ccccc2c1COc1ccccc1. The van der Waals surface area contributed by atoms with Gasteiger partial charge in [-0.3, -0.25) is 9.59 Å². The highest BCUT2D eigenvalue weighted by atomic mass is 79.9. The molecule has 0 fully saturated rings. The number of anilines is 2. The van der Waals surface area contributed by atoms with Crippen LogP contribution in [0.4, 0.5) is 11.4 Å². The standard InChI is InChI=1S/C24H19BrN2O4/c1-15(28)26-20-12-11-16(25)13-21(20)27-24(29)23-19(14-30-17-7-3-2-4-8-17)18-9-5-6-10-22(18)31-23/h2-13H,14H2,1H3,(H,26,28)(H,27,29). The number of para-hydroxylation sites is 2. The van der Waals surface area contributed by atoms with Crippen molar-refractivity contribution >= 4 is 50.1 Å².